The Hall–Kier alpha value is -1.92. The van der Waals surface area contributed by atoms with Crippen molar-refractivity contribution < 1.29 is 4.74 Å². The highest BCUT2D eigenvalue weighted by Crippen LogP contribution is 2.25. The maximum Gasteiger partial charge on any atom is 0.193 e. The molecule has 1 fully saturated rings. The number of nitrogens with one attached hydrogen (secondary N) is 1. The van der Waals surface area contributed by atoms with Crippen molar-refractivity contribution in [2.24, 2.45) is 10.9 Å². The lowest BCUT2D eigenvalue weighted by atomic mass is 9.98. The zero-order valence-corrected chi connectivity index (χ0v) is 18.3. The maximum absolute atomic E-state index is 5.93. The van der Waals surface area contributed by atoms with Crippen LogP contribution in [0.5, 0.6) is 0 Å². The van der Waals surface area contributed by atoms with Crippen molar-refractivity contribution in [3.8, 4) is 0 Å². The molecule has 0 aliphatic carbocycles. The summed E-state index contributed by atoms with van der Waals surface area (Å²) in [6, 6.07) is 10.4. The number of thiazole rings is 1. The van der Waals surface area contributed by atoms with Gasteiger partial charge in [-0.2, -0.15) is 0 Å². The van der Waals surface area contributed by atoms with Gasteiger partial charge in [-0.3, -0.25) is 4.99 Å². The van der Waals surface area contributed by atoms with Gasteiger partial charge < -0.3 is 15.0 Å². The first-order valence-corrected chi connectivity index (χ1v) is 10.9. The topological polar surface area (TPSA) is 49.8 Å². The minimum Gasteiger partial charge on any atom is -0.376 e. The van der Waals surface area contributed by atoms with Crippen molar-refractivity contribution in [3.63, 3.8) is 0 Å². The van der Waals surface area contributed by atoms with E-state index < -0.39 is 0 Å². The fourth-order valence-electron chi connectivity index (χ4n) is 3.31. The van der Waals surface area contributed by atoms with Crippen LogP contribution in [-0.4, -0.2) is 42.6 Å². The molecular weight excluding hydrogens is 368 g/mol. The van der Waals surface area contributed by atoms with Crippen LogP contribution in [-0.2, 0) is 23.3 Å². The average Bonchev–Trinajstić information content (AvgIpc) is 3.33. The minimum atomic E-state index is 0.104. The first-order valence-electron chi connectivity index (χ1n) is 9.98. The second-order valence-electron chi connectivity index (χ2n) is 8.40. The lowest BCUT2D eigenvalue weighted by Gasteiger charge is -2.21. The number of aromatic nitrogens is 1. The molecule has 1 saturated heterocycles. The fourth-order valence-corrected chi connectivity index (χ4v) is 4.22. The summed E-state index contributed by atoms with van der Waals surface area (Å²) in [6.07, 6.45) is 1.14. The van der Waals surface area contributed by atoms with Crippen LogP contribution in [0.2, 0.25) is 0 Å². The molecule has 6 heteroatoms. The Kier molecular flexibility index (Phi) is 7.08. The van der Waals surface area contributed by atoms with Crippen LogP contribution in [0.3, 0.4) is 0 Å². The molecule has 1 unspecified atom stereocenters. The molecular formula is C22H32N4OS. The lowest BCUT2D eigenvalue weighted by Crippen LogP contribution is -2.40. The van der Waals surface area contributed by atoms with Gasteiger partial charge in [0.05, 0.1) is 30.5 Å². The number of hydrogen-bond donors (Lipinski definition) is 1. The van der Waals surface area contributed by atoms with E-state index >= 15 is 0 Å². The molecule has 2 aromatic rings. The number of guanidine groups is 1. The summed E-state index contributed by atoms with van der Waals surface area (Å²) in [6.45, 7) is 10.8. The number of likely N-dealkylation sites (tertiary alicyclic amines) is 1. The van der Waals surface area contributed by atoms with Gasteiger partial charge >= 0.3 is 0 Å². The van der Waals surface area contributed by atoms with Crippen LogP contribution in [0.1, 0.15) is 43.5 Å². The van der Waals surface area contributed by atoms with Gasteiger partial charge in [0.1, 0.15) is 0 Å². The highest BCUT2D eigenvalue weighted by molar-refractivity contribution is 7.09. The van der Waals surface area contributed by atoms with E-state index in [1.54, 1.807) is 11.3 Å². The molecule has 0 radical (unpaired) electrons. The quantitative estimate of drug-likeness (QED) is 0.587. The molecule has 3 rings (SSSR count). The van der Waals surface area contributed by atoms with Gasteiger partial charge in [0, 0.05) is 36.9 Å². The molecule has 1 aromatic carbocycles. The Morgan fingerprint density at radius 3 is 2.79 bits per heavy atom. The van der Waals surface area contributed by atoms with E-state index in [0.29, 0.717) is 19.1 Å². The molecule has 0 bridgehead atoms. The van der Waals surface area contributed by atoms with Gasteiger partial charge in [0.15, 0.2) is 5.96 Å². The van der Waals surface area contributed by atoms with Gasteiger partial charge in [-0.05, 0) is 12.0 Å². The third-order valence-electron chi connectivity index (χ3n) is 4.88. The van der Waals surface area contributed by atoms with E-state index in [4.69, 9.17) is 9.72 Å². The molecule has 5 nitrogen and oxygen atoms in total. The van der Waals surface area contributed by atoms with Gasteiger partial charge in [-0.15, -0.1) is 11.3 Å². The van der Waals surface area contributed by atoms with Crippen LogP contribution < -0.4 is 5.32 Å². The third kappa shape index (κ3) is 5.79. The van der Waals surface area contributed by atoms with E-state index in [1.165, 1.54) is 10.6 Å². The molecule has 152 valence electrons. The molecule has 0 spiro atoms. The second-order valence-corrected chi connectivity index (χ2v) is 9.25. The normalized spacial score (nSPS) is 17.9. The molecule has 0 saturated carbocycles. The summed E-state index contributed by atoms with van der Waals surface area (Å²) in [5.41, 5.74) is 2.41. The van der Waals surface area contributed by atoms with Crippen LogP contribution in [0.15, 0.2) is 40.7 Å². The van der Waals surface area contributed by atoms with E-state index in [-0.39, 0.29) is 5.41 Å². The van der Waals surface area contributed by atoms with Crippen LogP contribution in [0.4, 0.5) is 0 Å². The Bertz CT molecular complexity index is 766. The standard InChI is InChI=1S/C22H32N4OS/c1-22(2,3)20-25-19(16-28-20)12-24-21(23-4)26-11-10-18(13-26)15-27-14-17-8-6-5-7-9-17/h5-9,16,18H,10-15H2,1-4H3,(H,23,24). The Labute approximate surface area is 172 Å². The van der Waals surface area contributed by atoms with Crippen LogP contribution in [0.25, 0.3) is 0 Å². The van der Waals surface area contributed by atoms with Gasteiger partial charge in [-0.1, -0.05) is 51.1 Å². The van der Waals surface area contributed by atoms with Crippen molar-refractivity contribution in [1.29, 1.82) is 0 Å². The first kappa shape index (κ1) is 20.8. The van der Waals surface area contributed by atoms with Gasteiger partial charge in [0.25, 0.3) is 0 Å². The zero-order valence-electron chi connectivity index (χ0n) is 17.4. The molecule has 1 N–H and O–H groups in total. The molecule has 1 aliphatic rings. The first-order chi connectivity index (χ1) is 13.5. The highest BCUT2D eigenvalue weighted by Gasteiger charge is 2.25. The van der Waals surface area contributed by atoms with Gasteiger partial charge in [-0.25, -0.2) is 4.98 Å². The molecule has 1 aliphatic heterocycles. The smallest absolute Gasteiger partial charge is 0.193 e. The number of rotatable bonds is 6. The SMILES string of the molecule is CN=C(NCc1csc(C(C)(C)C)n1)N1CCC(COCc2ccccc2)C1. The van der Waals surface area contributed by atoms with E-state index in [2.05, 4.69) is 65.6 Å². The Morgan fingerprint density at radius 2 is 2.11 bits per heavy atom. The largest absolute Gasteiger partial charge is 0.376 e. The number of benzene rings is 1. The van der Waals surface area contributed by atoms with E-state index in [9.17, 15) is 0 Å². The van der Waals surface area contributed by atoms with Crippen molar-refractivity contribution in [1.82, 2.24) is 15.2 Å². The summed E-state index contributed by atoms with van der Waals surface area (Å²) in [4.78, 5) is 11.6. The predicted octanol–water partition coefficient (Wildman–Crippen LogP) is 4.05. The molecule has 1 aromatic heterocycles. The summed E-state index contributed by atoms with van der Waals surface area (Å²) < 4.78 is 5.93. The van der Waals surface area contributed by atoms with Crippen molar-refractivity contribution in [2.45, 2.75) is 45.8 Å². The van der Waals surface area contributed by atoms with Crippen molar-refractivity contribution in [3.05, 3.63) is 52.0 Å². The number of ether oxygens (including phenoxy) is 1. The van der Waals surface area contributed by atoms with Crippen molar-refractivity contribution >= 4 is 17.3 Å². The number of nitrogens with zero attached hydrogens (tertiary/aromatic N) is 3. The highest BCUT2D eigenvalue weighted by atomic mass is 32.1. The third-order valence-corrected chi connectivity index (χ3v) is 6.20. The fraction of sp³-hybridized carbons (Fsp3) is 0.545. The predicted molar refractivity (Wildman–Crippen MR) is 117 cm³/mol. The summed E-state index contributed by atoms with van der Waals surface area (Å²) in [7, 11) is 1.85. The minimum absolute atomic E-state index is 0.104. The number of hydrogen-bond acceptors (Lipinski definition) is 4. The molecule has 28 heavy (non-hydrogen) atoms. The van der Waals surface area contributed by atoms with E-state index in [1.807, 2.05) is 13.1 Å². The zero-order chi connectivity index (χ0) is 20.0. The monoisotopic (exact) mass is 400 g/mol. The molecule has 2 heterocycles. The second kappa shape index (κ2) is 9.52. The molecule has 1 atom stereocenters. The van der Waals surface area contributed by atoms with Crippen LogP contribution >= 0.6 is 11.3 Å². The Balaban J connectivity index is 1.43. The van der Waals surface area contributed by atoms with Crippen LogP contribution in [0, 0.1) is 5.92 Å². The van der Waals surface area contributed by atoms with Gasteiger partial charge in [0.2, 0.25) is 0 Å². The lowest BCUT2D eigenvalue weighted by molar-refractivity contribution is 0.0906. The average molecular weight is 401 g/mol. The summed E-state index contributed by atoms with van der Waals surface area (Å²) in [5.74, 6) is 1.50. The maximum atomic E-state index is 5.93. The Morgan fingerprint density at radius 1 is 1.32 bits per heavy atom. The number of aliphatic imine (C=N–C) groups is 1. The molecule has 0 amide bonds. The summed E-state index contributed by atoms with van der Waals surface area (Å²) in [5, 5.41) is 6.80. The van der Waals surface area contributed by atoms with E-state index in [0.717, 1.165) is 37.8 Å². The van der Waals surface area contributed by atoms with Crippen molar-refractivity contribution in [2.75, 3.05) is 26.7 Å². The summed E-state index contributed by atoms with van der Waals surface area (Å²) >= 11 is 1.73.